The molecule has 0 aliphatic carbocycles. The van der Waals surface area contributed by atoms with Crippen LogP contribution in [0.25, 0.3) is 0 Å². The second kappa shape index (κ2) is 11.3. The lowest BCUT2D eigenvalue weighted by Gasteiger charge is -2.12. The van der Waals surface area contributed by atoms with E-state index in [9.17, 15) is 4.39 Å². The van der Waals surface area contributed by atoms with Crippen molar-refractivity contribution in [3.8, 4) is 6.07 Å². The maximum Gasteiger partial charge on any atom is 0.191 e. The third-order valence-electron chi connectivity index (χ3n) is 2.60. The minimum Gasteiger partial charge on any atom is -0.380 e. The van der Waals surface area contributed by atoms with Gasteiger partial charge in [-0.3, -0.25) is 4.99 Å². The number of halogens is 2. The van der Waals surface area contributed by atoms with E-state index in [4.69, 9.17) is 10.00 Å². The number of rotatable bonds is 6. The molecule has 0 aromatic heterocycles. The number of ether oxygens (including phenoxy) is 1. The Balaban J connectivity index is 0.00000400. The minimum atomic E-state index is -0.402. The summed E-state index contributed by atoms with van der Waals surface area (Å²) in [6.07, 6.45) is 0. The second-order valence-electron chi connectivity index (χ2n) is 3.97. The summed E-state index contributed by atoms with van der Waals surface area (Å²) in [6, 6.07) is 6.31. The zero-order chi connectivity index (χ0) is 14.8. The molecule has 1 aromatic carbocycles. The van der Waals surface area contributed by atoms with E-state index in [0.29, 0.717) is 43.4 Å². The fraction of sp³-hybridized carbons (Fsp3) is 0.429. The molecule has 0 radical (unpaired) electrons. The Morgan fingerprint density at radius 1 is 1.43 bits per heavy atom. The molecular weight excluding hydrogens is 386 g/mol. The highest BCUT2D eigenvalue weighted by Crippen LogP contribution is 2.09. The Kier molecular flexibility index (Phi) is 10.5. The summed E-state index contributed by atoms with van der Waals surface area (Å²) in [5, 5.41) is 14.7. The van der Waals surface area contributed by atoms with E-state index in [1.54, 1.807) is 19.2 Å². The van der Waals surface area contributed by atoms with Crippen molar-refractivity contribution in [1.82, 2.24) is 10.6 Å². The monoisotopic (exact) mass is 406 g/mol. The first-order chi connectivity index (χ1) is 9.71. The standard InChI is InChI=1S/C14H19FN4O.HI/c1-3-20-7-6-18-14(17-2)19-10-12-5-4-11(9-16)8-13(12)15;/h4-5,8H,3,6-7,10H2,1-2H3,(H2,17,18,19);1H. The van der Waals surface area contributed by atoms with Gasteiger partial charge in [0.25, 0.3) is 0 Å². The third-order valence-corrected chi connectivity index (χ3v) is 2.60. The molecular formula is C14H20FIN4O. The highest BCUT2D eigenvalue weighted by molar-refractivity contribution is 14.0. The van der Waals surface area contributed by atoms with Crippen molar-refractivity contribution in [3.63, 3.8) is 0 Å². The van der Waals surface area contributed by atoms with Gasteiger partial charge >= 0.3 is 0 Å². The fourth-order valence-corrected chi connectivity index (χ4v) is 1.55. The molecule has 0 bridgehead atoms. The number of nitrogens with zero attached hydrogens (tertiary/aromatic N) is 2. The molecule has 0 aliphatic rings. The SMILES string of the molecule is CCOCCNC(=NC)NCc1ccc(C#N)cc1F.I. The first-order valence-electron chi connectivity index (χ1n) is 6.42. The number of benzene rings is 1. The quantitative estimate of drug-likeness (QED) is 0.328. The molecule has 21 heavy (non-hydrogen) atoms. The van der Waals surface area contributed by atoms with Crippen LogP contribution in [0.5, 0.6) is 0 Å². The Bertz CT molecular complexity index is 502. The van der Waals surface area contributed by atoms with Crippen LogP contribution in [0.2, 0.25) is 0 Å². The van der Waals surface area contributed by atoms with Crippen molar-refractivity contribution < 1.29 is 9.13 Å². The average Bonchev–Trinajstić information content (AvgIpc) is 2.47. The Morgan fingerprint density at radius 2 is 2.19 bits per heavy atom. The van der Waals surface area contributed by atoms with Gasteiger partial charge in [0.15, 0.2) is 5.96 Å². The molecule has 0 spiro atoms. The van der Waals surface area contributed by atoms with Crippen molar-refractivity contribution in [2.24, 2.45) is 4.99 Å². The molecule has 0 heterocycles. The van der Waals surface area contributed by atoms with Gasteiger partial charge in [-0.2, -0.15) is 5.26 Å². The minimum absolute atomic E-state index is 0. The number of hydrogen-bond donors (Lipinski definition) is 2. The van der Waals surface area contributed by atoms with Gasteiger partial charge in [0.1, 0.15) is 5.82 Å². The number of nitrogens with one attached hydrogen (secondary N) is 2. The number of hydrogen-bond acceptors (Lipinski definition) is 3. The van der Waals surface area contributed by atoms with Crippen molar-refractivity contribution >= 4 is 29.9 Å². The number of nitriles is 1. The van der Waals surface area contributed by atoms with Gasteiger partial charge in [-0.15, -0.1) is 24.0 Å². The molecule has 0 aliphatic heterocycles. The van der Waals surface area contributed by atoms with E-state index >= 15 is 0 Å². The van der Waals surface area contributed by atoms with E-state index in [1.165, 1.54) is 6.07 Å². The van der Waals surface area contributed by atoms with Gasteiger partial charge in [0, 0.05) is 32.3 Å². The highest BCUT2D eigenvalue weighted by atomic mass is 127. The molecule has 5 nitrogen and oxygen atoms in total. The van der Waals surface area contributed by atoms with Gasteiger partial charge in [0.2, 0.25) is 0 Å². The molecule has 7 heteroatoms. The molecule has 2 N–H and O–H groups in total. The molecule has 0 atom stereocenters. The van der Waals surface area contributed by atoms with Gasteiger partial charge < -0.3 is 15.4 Å². The molecule has 0 fully saturated rings. The highest BCUT2D eigenvalue weighted by Gasteiger charge is 2.04. The van der Waals surface area contributed by atoms with Gasteiger partial charge in [-0.25, -0.2) is 4.39 Å². The molecule has 0 unspecified atom stereocenters. The van der Waals surface area contributed by atoms with Crippen LogP contribution in [0.1, 0.15) is 18.1 Å². The molecule has 1 aromatic rings. The predicted octanol–water partition coefficient (Wildman–Crippen LogP) is 2.02. The molecule has 1 rings (SSSR count). The van der Waals surface area contributed by atoms with Crippen molar-refractivity contribution in [3.05, 3.63) is 35.1 Å². The summed E-state index contributed by atoms with van der Waals surface area (Å²) in [4.78, 5) is 4.03. The fourth-order valence-electron chi connectivity index (χ4n) is 1.55. The lowest BCUT2D eigenvalue weighted by atomic mass is 10.1. The Morgan fingerprint density at radius 3 is 2.76 bits per heavy atom. The van der Waals surface area contributed by atoms with E-state index in [2.05, 4.69) is 15.6 Å². The third kappa shape index (κ3) is 7.24. The number of aliphatic imine (C=N–C) groups is 1. The summed E-state index contributed by atoms with van der Waals surface area (Å²) >= 11 is 0. The molecule has 0 saturated heterocycles. The van der Waals surface area contributed by atoms with Gasteiger partial charge in [-0.1, -0.05) is 6.07 Å². The lowest BCUT2D eigenvalue weighted by Crippen LogP contribution is -2.38. The Hall–Kier alpha value is -1.40. The van der Waals surface area contributed by atoms with E-state index in [-0.39, 0.29) is 24.0 Å². The van der Waals surface area contributed by atoms with Crippen molar-refractivity contribution in [2.75, 3.05) is 26.8 Å². The summed E-state index contributed by atoms with van der Waals surface area (Å²) < 4.78 is 18.9. The summed E-state index contributed by atoms with van der Waals surface area (Å²) in [5.41, 5.74) is 0.794. The van der Waals surface area contributed by atoms with Crippen LogP contribution in [0, 0.1) is 17.1 Å². The molecule has 0 amide bonds. The van der Waals surface area contributed by atoms with E-state index < -0.39 is 5.82 Å². The first-order valence-corrected chi connectivity index (χ1v) is 6.42. The summed E-state index contributed by atoms with van der Waals surface area (Å²) in [7, 11) is 1.64. The lowest BCUT2D eigenvalue weighted by molar-refractivity contribution is 0.152. The smallest absolute Gasteiger partial charge is 0.191 e. The average molecular weight is 406 g/mol. The maximum atomic E-state index is 13.7. The van der Waals surface area contributed by atoms with Gasteiger partial charge in [-0.05, 0) is 19.1 Å². The zero-order valence-electron chi connectivity index (χ0n) is 12.1. The van der Waals surface area contributed by atoms with E-state index in [0.717, 1.165) is 0 Å². The van der Waals surface area contributed by atoms with Crippen LogP contribution < -0.4 is 10.6 Å². The second-order valence-corrected chi connectivity index (χ2v) is 3.97. The normalized spacial score (nSPS) is 10.5. The largest absolute Gasteiger partial charge is 0.380 e. The van der Waals surface area contributed by atoms with Crippen LogP contribution in [0.4, 0.5) is 4.39 Å². The van der Waals surface area contributed by atoms with Crippen LogP contribution >= 0.6 is 24.0 Å². The van der Waals surface area contributed by atoms with Crippen LogP contribution in [-0.2, 0) is 11.3 Å². The van der Waals surface area contributed by atoms with Crippen LogP contribution in [0.3, 0.4) is 0 Å². The van der Waals surface area contributed by atoms with Gasteiger partial charge in [0.05, 0.1) is 18.2 Å². The number of guanidine groups is 1. The van der Waals surface area contributed by atoms with E-state index in [1.807, 2.05) is 13.0 Å². The predicted molar refractivity (Wildman–Crippen MR) is 91.2 cm³/mol. The Labute approximate surface area is 141 Å². The van der Waals surface area contributed by atoms with Crippen LogP contribution in [0.15, 0.2) is 23.2 Å². The molecule has 116 valence electrons. The zero-order valence-corrected chi connectivity index (χ0v) is 14.5. The van der Waals surface area contributed by atoms with Crippen molar-refractivity contribution in [1.29, 1.82) is 5.26 Å². The maximum absolute atomic E-state index is 13.7. The summed E-state index contributed by atoms with van der Waals surface area (Å²) in [5.74, 6) is 0.176. The summed E-state index contributed by atoms with van der Waals surface area (Å²) in [6.45, 7) is 4.11. The molecule has 0 saturated carbocycles. The first kappa shape index (κ1) is 19.6. The van der Waals surface area contributed by atoms with Crippen molar-refractivity contribution in [2.45, 2.75) is 13.5 Å². The topological polar surface area (TPSA) is 69.4 Å². The van der Waals surface area contributed by atoms with Crippen LogP contribution in [-0.4, -0.2) is 32.8 Å².